The van der Waals surface area contributed by atoms with Crippen LogP contribution in [-0.4, -0.2) is 36.8 Å². The van der Waals surface area contributed by atoms with Crippen LogP contribution in [0.2, 0.25) is 0 Å². The van der Waals surface area contributed by atoms with Gasteiger partial charge in [0.15, 0.2) is 0 Å². The zero-order valence-corrected chi connectivity index (χ0v) is 8.81. The maximum Gasteiger partial charge on any atom is 0.219 e. The Kier molecular flexibility index (Phi) is 4.35. The third-order valence-corrected chi connectivity index (χ3v) is 2.77. The summed E-state index contributed by atoms with van der Waals surface area (Å²) >= 11 is 0. The summed E-state index contributed by atoms with van der Waals surface area (Å²) in [4.78, 5) is 10.9. The van der Waals surface area contributed by atoms with Gasteiger partial charge in [-0.05, 0) is 32.2 Å². The highest BCUT2D eigenvalue weighted by molar-refractivity contribution is 5.75. The number of hydrogen-bond donors (Lipinski definition) is 3. The molecule has 0 atom stereocenters. The number of amides is 1. The molecule has 14 heavy (non-hydrogen) atoms. The molecule has 0 radical (unpaired) electrons. The monoisotopic (exact) mass is 200 g/mol. The third-order valence-electron chi connectivity index (χ3n) is 2.77. The average Bonchev–Trinajstić information content (AvgIpc) is 2.14. The van der Waals surface area contributed by atoms with Gasteiger partial charge in [0, 0.05) is 20.0 Å². The smallest absolute Gasteiger partial charge is 0.219 e. The number of carbonyl (C=O) groups is 1. The predicted octanol–water partition coefficient (Wildman–Crippen LogP) is 0.0172. The summed E-state index contributed by atoms with van der Waals surface area (Å²) in [7, 11) is 1.65. The van der Waals surface area contributed by atoms with E-state index < -0.39 is 5.60 Å². The highest BCUT2D eigenvalue weighted by Gasteiger charge is 2.33. The Bertz CT molecular complexity index is 191. The van der Waals surface area contributed by atoms with Crippen molar-refractivity contribution in [2.45, 2.75) is 37.7 Å². The van der Waals surface area contributed by atoms with Crippen molar-refractivity contribution in [1.82, 2.24) is 10.6 Å². The van der Waals surface area contributed by atoms with Crippen molar-refractivity contribution in [3.63, 3.8) is 0 Å². The zero-order chi connectivity index (χ0) is 10.4. The molecular weight excluding hydrogens is 180 g/mol. The van der Waals surface area contributed by atoms with E-state index in [-0.39, 0.29) is 5.91 Å². The van der Waals surface area contributed by atoms with Crippen molar-refractivity contribution in [2.24, 2.45) is 0 Å². The van der Waals surface area contributed by atoms with E-state index in [2.05, 4.69) is 10.6 Å². The maximum absolute atomic E-state index is 10.9. The maximum atomic E-state index is 10.9. The van der Waals surface area contributed by atoms with Crippen LogP contribution in [0, 0.1) is 0 Å². The van der Waals surface area contributed by atoms with Gasteiger partial charge in [-0.2, -0.15) is 0 Å². The second kappa shape index (κ2) is 5.32. The van der Waals surface area contributed by atoms with Gasteiger partial charge in [-0.15, -0.1) is 0 Å². The molecule has 4 nitrogen and oxygen atoms in total. The standard InChI is InChI=1S/C10H20N2O2/c1-11-9(13)4-2-7-12-8-10(14)5-3-6-10/h12,14H,2-8H2,1H3,(H,11,13). The van der Waals surface area contributed by atoms with E-state index in [4.69, 9.17) is 0 Å². The second-order valence-electron chi connectivity index (χ2n) is 4.03. The predicted molar refractivity (Wildman–Crippen MR) is 55.0 cm³/mol. The third kappa shape index (κ3) is 3.64. The van der Waals surface area contributed by atoms with Crippen LogP contribution in [0.4, 0.5) is 0 Å². The van der Waals surface area contributed by atoms with E-state index in [1.54, 1.807) is 7.05 Å². The van der Waals surface area contributed by atoms with Crippen LogP contribution in [0.5, 0.6) is 0 Å². The van der Waals surface area contributed by atoms with Crippen molar-refractivity contribution in [1.29, 1.82) is 0 Å². The molecular formula is C10H20N2O2. The normalized spacial score (nSPS) is 18.7. The lowest BCUT2D eigenvalue weighted by atomic mass is 9.80. The Balaban J connectivity index is 1.91. The fraction of sp³-hybridized carbons (Fsp3) is 0.900. The molecule has 0 saturated heterocycles. The molecule has 0 heterocycles. The first-order valence-electron chi connectivity index (χ1n) is 5.30. The Morgan fingerprint density at radius 3 is 2.71 bits per heavy atom. The lowest BCUT2D eigenvalue weighted by Gasteiger charge is -2.36. The highest BCUT2D eigenvalue weighted by Crippen LogP contribution is 2.30. The molecule has 0 bridgehead atoms. The van der Waals surface area contributed by atoms with Crippen LogP contribution in [-0.2, 0) is 4.79 Å². The van der Waals surface area contributed by atoms with E-state index >= 15 is 0 Å². The summed E-state index contributed by atoms with van der Waals surface area (Å²) in [6.45, 7) is 1.47. The molecule has 0 aliphatic heterocycles. The summed E-state index contributed by atoms with van der Waals surface area (Å²) in [6.07, 6.45) is 4.35. The Labute approximate surface area is 85.1 Å². The second-order valence-corrected chi connectivity index (χ2v) is 4.03. The van der Waals surface area contributed by atoms with Crippen LogP contribution in [0.1, 0.15) is 32.1 Å². The topological polar surface area (TPSA) is 61.4 Å². The largest absolute Gasteiger partial charge is 0.389 e. The molecule has 1 saturated carbocycles. The fourth-order valence-electron chi connectivity index (χ4n) is 1.58. The average molecular weight is 200 g/mol. The van der Waals surface area contributed by atoms with Crippen molar-refractivity contribution in [3.05, 3.63) is 0 Å². The van der Waals surface area contributed by atoms with Crippen molar-refractivity contribution in [2.75, 3.05) is 20.1 Å². The Morgan fingerprint density at radius 2 is 2.21 bits per heavy atom. The number of hydrogen-bond acceptors (Lipinski definition) is 3. The van der Waals surface area contributed by atoms with Crippen LogP contribution >= 0.6 is 0 Å². The van der Waals surface area contributed by atoms with Crippen LogP contribution in [0.15, 0.2) is 0 Å². The number of nitrogens with one attached hydrogen (secondary N) is 2. The first kappa shape index (κ1) is 11.5. The summed E-state index contributed by atoms with van der Waals surface area (Å²) in [5, 5.41) is 15.5. The number of rotatable bonds is 6. The summed E-state index contributed by atoms with van der Waals surface area (Å²) in [5.41, 5.74) is -0.451. The van der Waals surface area contributed by atoms with Gasteiger partial charge < -0.3 is 15.7 Å². The molecule has 3 N–H and O–H groups in total. The molecule has 0 aromatic heterocycles. The Hall–Kier alpha value is -0.610. The summed E-state index contributed by atoms with van der Waals surface area (Å²) in [5.74, 6) is 0.0779. The fourth-order valence-corrected chi connectivity index (χ4v) is 1.58. The van der Waals surface area contributed by atoms with E-state index in [1.165, 1.54) is 0 Å². The number of aliphatic hydroxyl groups is 1. The van der Waals surface area contributed by atoms with Gasteiger partial charge in [-0.25, -0.2) is 0 Å². The lowest BCUT2D eigenvalue weighted by Crippen LogP contribution is -2.46. The highest BCUT2D eigenvalue weighted by atomic mass is 16.3. The van der Waals surface area contributed by atoms with Crippen LogP contribution in [0.3, 0.4) is 0 Å². The molecule has 1 rings (SSSR count). The van der Waals surface area contributed by atoms with Crippen molar-refractivity contribution in [3.8, 4) is 0 Å². The lowest BCUT2D eigenvalue weighted by molar-refractivity contribution is -0.120. The van der Waals surface area contributed by atoms with Gasteiger partial charge in [0.25, 0.3) is 0 Å². The van der Waals surface area contributed by atoms with E-state index in [0.29, 0.717) is 13.0 Å². The minimum Gasteiger partial charge on any atom is -0.389 e. The first-order valence-corrected chi connectivity index (χ1v) is 5.30. The molecule has 0 aromatic rings. The van der Waals surface area contributed by atoms with Gasteiger partial charge in [0.05, 0.1) is 5.60 Å². The van der Waals surface area contributed by atoms with Crippen LogP contribution in [0.25, 0.3) is 0 Å². The SMILES string of the molecule is CNC(=O)CCCNCC1(O)CCC1. The van der Waals surface area contributed by atoms with Gasteiger partial charge in [-0.3, -0.25) is 4.79 Å². The van der Waals surface area contributed by atoms with E-state index in [9.17, 15) is 9.90 Å². The number of carbonyl (C=O) groups excluding carboxylic acids is 1. The molecule has 1 amide bonds. The quantitative estimate of drug-likeness (QED) is 0.530. The zero-order valence-electron chi connectivity index (χ0n) is 8.81. The minimum absolute atomic E-state index is 0.0779. The molecule has 1 fully saturated rings. The molecule has 0 aromatic carbocycles. The molecule has 0 unspecified atom stereocenters. The molecule has 4 heteroatoms. The van der Waals surface area contributed by atoms with Gasteiger partial charge in [0.2, 0.25) is 5.91 Å². The molecule has 82 valence electrons. The molecule has 1 aliphatic carbocycles. The first-order chi connectivity index (χ1) is 6.66. The van der Waals surface area contributed by atoms with E-state index in [1.807, 2.05) is 0 Å². The van der Waals surface area contributed by atoms with Gasteiger partial charge in [0.1, 0.15) is 0 Å². The molecule has 0 spiro atoms. The van der Waals surface area contributed by atoms with Gasteiger partial charge >= 0.3 is 0 Å². The van der Waals surface area contributed by atoms with Gasteiger partial charge in [-0.1, -0.05) is 0 Å². The van der Waals surface area contributed by atoms with Crippen LogP contribution < -0.4 is 10.6 Å². The Morgan fingerprint density at radius 1 is 1.50 bits per heavy atom. The summed E-state index contributed by atoms with van der Waals surface area (Å²) in [6, 6.07) is 0. The summed E-state index contributed by atoms with van der Waals surface area (Å²) < 4.78 is 0. The van der Waals surface area contributed by atoms with Crippen molar-refractivity contribution >= 4 is 5.91 Å². The van der Waals surface area contributed by atoms with E-state index in [0.717, 1.165) is 32.2 Å². The van der Waals surface area contributed by atoms with Crippen molar-refractivity contribution < 1.29 is 9.90 Å². The minimum atomic E-state index is -0.451. The molecule has 1 aliphatic rings.